The maximum absolute atomic E-state index is 13.0. The number of alkyl halides is 3. The number of anilines is 2. The Balaban J connectivity index is 1.63. The van der Waals surface area contributed by atoms with Gasteiger partial charge in [-0.3, -0.25) is 0 Å². The van der Waals surface area contributed by atoms with Crippen molar-refractivity contribution in [1.29, 1.82) is 0 Å². The molecule has 184 valence electrons. The van der Waals surface area contributed by atoms with Gasteiger partial charge < -0.3 is 14.8 Å². The van der Waals surface area contributed by atoms with Gasteiger partial charge >= 0.3 is 18.1 Å². The van der Waals surface area contributed by atoms with E-state index < -0.39 is 30.3 Å². The Morgan fingerprint density at radius 1 is 1.18 bits per heavy atom. The highest BCUT2D eigenvalue weighted by molar-refractivity contribution is 5.96. The monoisotopic (exact) mass is 478 g/mol. The zero-order valence-electron chi connectivity index (χ0n) is 19.4. The van der Waals surface area contributed by atoms with Crippen molar-refractivity contribution in [3.8, 4) is 0 Å². The van der Waals surface area contributed by atoms with Crippen LogP contribution in [0.15, 0.2) is 42.6 Å². The third-order valence-corrected chi connectivity index (χ3v) is 6.05. The van der Waals surface area contributed by atoms with Crippen LogP contribution < -0.4 is 5.32 Å². The van der Waals surface area contributed by atoms with E-state index in [1.54, 1.807) is 0 Å². The van der Waals surface area contributed by atoms with Gasteiger partial charge in [0.25, 0.3) is 0 Å². The number of aromatic nitrogens is 1. The van der Waals surface area contributed by atoms with Crippen molar-refractivity contribution in [2.45, 2.75) is 52.3 Å². The van der Waals surface area contributed by atoms with Crippen molar-refractivity contribution in [2.24, 2.45) is 17.8 Å². The van der Waals surface area contributed by atoms with Crippen LogP contribution in [0.3, 0.4) is 0 Å². The summed E-state index contributed by atoms with van der Waals surface area (Å²) < 4.78 is 49.7. The summed E-state index contributed by atoms with van der Waals surface area (Å²) >= 11 is 0. The highest BCUT2D eigenvalue weighted by Crippen LogP contribution is 2.35. The van der Waals surface area contributed by atoms with Crippen molar-refractivity contribution < 1.29 is 32.2 Å². The third kappa shape index (κ3) is 6.71. The zero-order valence-corrected chi connectivity index (χ0v) is 19.4. The minimum atomic E-state index is -4.51. The lowest BCUT2D eigenvalue weighted by Crippen LogP contribution is -2.36. The fourth-order valence-electron chi connectivity index (χ4n) is 4.23. The van der Waals surface area contributed by atoms with E-state index in [1.807, 2.05) is 0 Å². The SMILES string of the molecule is CC(C)[C@@H]1CC[C@H](C)C[C@H]1OC(=O)COC(=O)c1cccnc1Nc1cccc(C(F)(F)F)c1. The first-order valence-electron chi connectivity index (χ1n) is 11.3. The Bertz CT molecular complexity index is 1010. The molecule has 3 atom stereocenters. The molecule has 1 aliphatic carbocycles. The van der Waals surface area contributed by atoms with Gasteiger partial charge in [-0.1, -0.05) is 33.3 Å². The van der Waals surface area contributed by atoms with E-state index in [9.17, 15) is 22.8 Å². The molecule has 9 heteroatoms. The Kier molecular flexibility index (Phi) is 8.17. The molecule has 1 fully saturated rings. The topological polar surface area (TPSA) is 77.5 Å². The zero-order chi connectivity index (χ0) is 24.9. The number of hydrogen-bond donors (Lipinski definition) is 1. The molecule has 1 aromatic carbocycles. The van der Waals surface area contributed by atoms with Gasteiger partial charge in [-0.15, -0.1) is 0 Å². The molecule has 34 heavy (non-hydrogen) atoms. The quantitative estimate of drug-likeness (QED) is 0.492. The molecule has 0 bridgehead atoms. The van der Waals surface area contributed by atoms with Gasteiger partial charge in [-0.25, -0.2) is 14.6 Å². The molecule has 0 saturated heterocycles. The van der Waals surface area contributed by atoms with Gasteiger partial charge in [0.1, 0.15) is 17.5 Å². The Morgan fingerprint density at radius 3 is 2.65 bits per heavy atom. The van der Waals surface area contributed by atoms with E-state index in [-0.39, 0.29) is 29.1 Å². The highest BCUT2D eigenvalue weighted by Gasteiger charge is 2.34. The molecule has 1 N–H and O–H groups in total. The number of nitrogens with one attached hydrogen (secondary N) is 1. The van der Waals surface area contributed by atoms with E-state index in [1.165, 1.54) is 30.5 Å². The molecule has 6 nitrogen and oxygen atoms in total. The normalized spacial score (nSPS) is 20.6. The summed E-state index contributed by atoms with van der Waals surface area (Å²) in [6.07, 6.45) is -0.487. The van der Waals surface area contributed by atoms with Crippen LogP contribution >= 0.6 is 0 Å². The molecule has 3 rings (SSSR count). The van der Waals surface area contributed by atoms with Crippen LogP contribution in [-0.2, 0) is 20.4 Å². The molecule has 0 aliphatic heterocycles. The van der Waals surface area contributed by atoms with Gasteiger partial charge in [0.05, 0.1) is 5.56 Å². The van der Waals surface area contributed by atoms with E-state index in [0.717, 1.165) is 31.4 Å². The lowest BCUT2D eigenvalue weighted by atomic mass is 9.75. The Morgan fingerprint density at radius 2 is 1.94 bits per heavy atom. The molecular weight excluding hydrogens is 449 g/mol. The molecule has 1 saturated carbocycles. The maximum atomic E-state index is 13.0. The standard InChI is InChI=1S/C25H29F3N2O4/c1-15(2)19-10-9-16(3)12-21(19)34-22(31)14-33-24(32)20-8-5-11-29-23(20)30-18-7-4-6-17(13-18)25(26,27)28/h4-8,11,13,15-16,19,21H,9-10,12,14H2,1-3H3,(H,29,30)/t16-,19-,21+/m0/s1. The molecule has 0 unspecified atom stereocenters. The van der Waals surface area contributed by atoms with Crippen LogP contribution in [0.25, 0.3) is 0 Å². The van der Waals surface area contributed by atoms with Crippen molar-refractivity contribution in [3.63, 3.8) is 0 Å². The number of carbonyl (C=O) groups is 2. The fraction of sp³-hybridized carbons (Fsp3) is 0.480. The number of pyridine rings is 1. The van der Waals surface area contributed by atoms with E-state index in [4.69, 9.17) is 9.47 Å². The second-order valence-corrected chi connectivity index (χ2v) is 9.03. The maximum Gasteiger partial charge on any atom is 0.416 e. The molecule has 1 heterocycles. The summed E-state index contributed by atoms with van der Waals surface area (Å²) in [7, 11) is 0. The number of nitrogens with zero attached hydrogens (tertiary/aromatic N) is 1. The number of ether oxygens (including phenoxy) is 2. The molecule has 0 spiro atoms. The summed E-state index contributed by atoms with van der Waals surface area (Å²) in [5.41, 5.74) is -0.746. The summed E-state index contributed by atoms with van der Waals surface area (Å²) in [6, 6.07) is 7.43. The Hall–Kier alpha value is -3.10. The van der Waals surface area contributed by atoms with Crippen LogP contribution in [0.4, 0.5) is 24.7 Å². The van der Waals surface area contributed by atoms with Gasteiger partial charge in [0, 0.05) is 11.9 Å². The number of halogens is 3. The smallest absolute Gasteiger partial charge is 0.416 e. The lowest BCUT2D eigenvalue weighted by Gasteiger charge is -2.36. The third-order valence-electron chi connectivity index (χ3n) is 6.05. The minimum Gasteiger partial charge on any atom is -0.460 e. The van der Waals surface area contributed by atoms with Gasteiger partial charge in [-0.05, 0) is 60.9 Å². The van der Waals surface area contributed by atoms with Crippen LogP contribution in [0.2, 0.25) is 0 Å². The van der Waals surface area contributed by atoms with Crippen molar-refractivity contribution >= 4 is 23.4 Å². The molecule has 2 aromatic rings. The van der Waals surface area contributed by atoms with E-state index in [0.29, 0.717) is 11.8 Å². The van der Waals surface area contributed by atoms with Crippen LogP contribution in [-0.4, -0.2) is 29.6 Å². The van der Waals surface area contributed by atoms with Crippen LogP contribution in [0, 0.1) is 17.8 Å². The van der Waals surface area contributed by atoms with Crippen molar-refractivity contribution in [3.05, 3.63) is 53.7 Å². The lowest BCUT2D eigenvalue weighted by molar-refractivity contribution is -0.159. The van der Waals surface area contributed by atoms with Gasteiger partial charge in [0.2, 0.25) is 0 Å². The summed E-state index contributed by atoms with van der Waals surface area (Å²) in [6.45, 7) is 5.76. The summed E-state index contributed by atoms with van der Waals surface area (Å²) in [4.78, 5) is 29.0. The van der Waals surface area contributed by atoms with E-state index >= 15 is 0 Å². The van der Waals surface area contributed by atoms with Gasteiger partial charge in [-0.2, -0.15) is 13.2 Å². The first-order chi connectivity index (χ1) is 16.0. The number of carbonyl (C=O) groups excluding carboxylic acids is 2. The molecule has 0 radical (unpaired) electrons. The first kappa shape index (κ1) is 25.5. The second-order valence-electron chi connectivity index (χ2n) is 9.03. The molecule has 1 aliphatic rings. The number of hydrogen-bond acceptors (Lipinski definition) is 6. The molecule has 1 aromatic heterocycles. The number of rotatable bonds is 7. The number of esters is 2. The predicted molar refractivity (Wildman–Crippen MR) is 120 cm³/mol. The molecule has 0 amide bonds. The summed E-state index contributed by atoms with van der Waals surface area (Å²) in [5.74, 6) is -0.368. The minimum absolute atomic E-state index is 0.0148. The van der Waals surface area contributed by atoms with Crippen molar-refractivity contribution in [1.82, 2.24) is 4.98 Å². The van der Waals surface area contributed by atoms with Crippen LogP contribution in [0.1, 0.15) is 56.0 Å². The van der Waals surface area contributed by atoms with E-state index in [2.05, 4.69) is 31.1 Å². The average Bonchev–Trinajstić information content (AvgIpc) is 2.77. The number of benzene rings is 1. The second kappa shape index (κ2) is 10.9. The average molecular weight is 479 g/mol. The fourth-order valence-corrected chi connectivity index (χ4v) is 4.23. The largest absolute Gasteiger partial charge is 0.460 e. The summed E-state index contributed by atoms with van der Waals surface area (Å²) in [5, 5.41) is 2.71. The predicted octanol–water partition coefficient (Wildman–Crippen LogP) is 6.00. The molecular formula is C25H29F3N2O4. The highest BCUT2D eigenvalue weighted by atomic mass is 19.4. The van der Waals surface area contributed by atoms with Crippen molar-refractivity contribution in [2.75, 3.05) is 11.9 Å². The van der Waals surface area contributed by atoms with Gasteiger partial charge in [0.15, 0.2) is 6.61 Å². The first-order valence-corrected chi connectivity index (χ1v) is 11.3. The Labute approximate surface area is 196 Å². The van der Waals surface area contributed by atoms with Crippen LogP contribution in [0.5, 0.6) is 0 Å².